The molecule has 5 heteroatoms. The van der Waals surface area contributed by atoms with Crippen molar-refractivity contribution in [1.82, 2.24) is 0 Å². The van der Waals surface area contributed by atoms with Crippen molar-refractivity contribution in [2.75, 3.05) is 28.6 Å². The van der Waals surface area contributed by atoms with Crippen LogP contribution in [0.5, 0.6) is 0 Å². The van der Waals surface area contributed by atoms with E-state index in [1.807, 2.05) is 55.5 Å². The molecule has 2 amide bonds. The third-order valence-electron chi connectivity index (χ3n) is 5.86. The highest BCUT2D eigenvalue weighted by molar-refractivity contribution is 6.17. The summed E-state index contributed by atoms with van der Waals surface area (Å²) >= 11 is 0. The smallest absolute Gasteiger partial charge is 0.240 e. The Labute approximate surface area is 166 Å². The first-order chi connectivity index (χ1) is 13.6. The predicted octanol–water partition coefficient (Wildman–Crippen LogP) is 4.34. The highest BCUT2D eigenvalue weighted by Crippen LogP contribution is 2.47. The van der Waals surface area contributed by atoms with E-state index in [1.54, 1.807) is 0 Å². The second kappa shape index (κ2) is 7.66. The minimum Gasteiger partial charge on any atom is -0.372 e. The molecule has 0 radical (unpaired) electrons. The van der Waals surface area contributed by atoms with Gasteiger partial charge in [-0.3, -0.25) is 9.59 Å². The molecule has 2 aliphatic rings. The Hall–Kier alpha value is -2.82. The van der Waals surface area contributed by atoms with E-state index in [-0.39, 0.29) is 11.8 Å². The fourth-order valence-electron chi connectivity index (χ4n) is 3.80. The van der Waals surface area contributed by atoms with Gasteiger partial charge < -0.3 is 15.5 Å². The van der Waals surface area contributed by atoms with Crippen molar-refractivity contribution >= 4 is 28.9 Å². The number of amides is 2. The van der Waals surface area contributed by atoms with Crippen molar-refractivity contribution in [3.8, 4) is 0 Å². The number of aryl methyl sites for hydroxylation is 1. The molecule has 2 N–H and O–H groups in total. The minimum absolute atomic E-state index is 0.218. The summed E-state index contributed by atoms with van der Waals surface area (Å²) in [6, 6.07) is 15.6. The van der Waals surface area contributed by atoms with Crippen molar-refractivity contribution in [2.45, 2.75) is 39.0 Å². The summed E-state index contributed by atoms with van der Waals surface area (Å²) in [6.45, 7) is 4.13. The SMILES string of the molecule is Cc1ccccc1NC(=O)C1(C(=O)Nc2ccc(N3CCCCC3)cc2)CC1. The van der Waals surface area contributed by atoms with Crippen molar-refractivity contribution < 1.29 is 9.59 Å². The summed E-state index contributed by atoms with van der Waals surface area (Å²) < 4.78 is 0. The lowest BCUT2D eigenvalue weighted by atomic mass is 10.0. The Morgan fingerprint density at radius 1 is 0.857 bits per heavy atom. The molecule has 0 atom stereocenters. The number of anilines is 3. The standard InChI is InChI=1S/C23H27N3O2/c1-17-7-3-4-8-20(17)25-22(28)23(13-14-23)21(27)24-18-9-11-19(12-10-18)26-15-5-2-6-16-26/h3-4,7-12H,2,5-6,13-16H2,1H3,(H,24,27)(H,25,28). The molecule has 5 nitrogen and oxygen atoms in total. The van der Waals surface area contributed by atoms with Crippen LogP contribution in [-0.2, 0) is 9.59 Å². The van der Waals surface area contributed by atoms with Crippen molar-refractivity contribution in [3.63, 3.8) is 0 Å². The zero-order valence-corrected chi connectivity index (χ0v) is 16.3. The maximum atomic E-state index is 12.8. The maximum absolute atomic E-state index is 12.8. The number of para-hydroxylation sites is 1. The van der Waals surface area contributed by atoms with E-state index in [0.717, 1.165) is 30.0 Å². The van der Waals surface area contributed by atoms with Gasteiger partial charge in [0.25, 0.3) is 0 Å². The van der Waals surface area contributed by atoms with Crippen LogP contribution < -0.4 is 15.5 Å². The van der Waals surface area contributed by atoms with Gasteiger partial charge in [-0.25, -0.2) is 0 Å². The number of carbonyl (C=O) groups is 2. The second-order valence-corrected chi connectivity index (χ2v) is 7.90. The van der Waals surface area contributed by atoms with E-state index in [2.05, 4.69) is 15.5 Å². The molecule has 1 heterocycles. The van der Waals surface area contributed by atoms with Crippen LogP contribution in [0.2, 0.25) is 0 Å². The molecule has 0 bridgehead atoms. The van der Waals surface area contributed by atoms with E-state index >= 15 is 0 Å². The molecule has 1 saturated carbocycles. The van der Waals surface area contributed by atoms with Gasteiger partial charge in [0.05, 0.1) is 0 Å². The van der Waals surface area contributed by atoms with Crippen LogP contribution in [0, 0.1) is 12.3 Å². The van der Waals surface area contributed by atoms with Gasteiger partial charge in [0.2, 0.25) is 11.8 Å². The fourth-order valence-corrected chi connectivity index (χ4v) is 3.80. The molecule has 2 fully saturated rings. The first kappa shape index (κ1) is 18.5. The molecule has 146 valence electrons. The van der Waals surface area contributed by atoms with Gasteiger partial charge >= 0.3 is 0 Å². The molecule has 1 saturated heterocycles. The largest absolute Gasteiger partial charge is 0.372 e. The third kappa shape index (κ3) is 3.75. The van der Waals surface area contributed by atoms with Crippen molar-refractivity contribution in [3.05, 3.63) is 54.1 Å². The monoisotopic (exact) mass is 377 g/mol. The normalized spacial score (nSPS) is 17.7. The summed E-state index contributed by atoms with van der Waals surface area (Å²) in [5, 5.41) is 5.86. The number of hydrogen-bond donors (Lipinski definition) is 2. The van der Waals surface area contributed by atoms with Crippen LogP contribution in [0.3, 0.4) is 0 Å². The molecule has 0 aromatic heterocycles. The first-order valence-electron chi connectivity index (χ1n) is 10.1. The van der Waals surface area contributed by atoms with E-state index < -0.39 is 5.41 Å². The minimum atomic E-state index is -0.951. The molecule has 4 rings (SSSR count). The van der Waals surface area contributed by atoms with Gasteiger partial charge in [-0.1, -0.05) is 18.2 Å². The van der Waals surface area contributed by atoms with Crippen LogP contribution in [0.1, 0.15) is 37.7 Å². The van der Waals surface area contributed by atoms with Crippen LogP contribution in [0.4, 0.5) is 17.1 Å². The number of piperidine rings is 1. The summed E-state index contributed by atoms with van der Waals surface area (Å²) in [4.78, 5) is 28.0. The molecular formula is C23H27N3O2. The molecular weight excluding hydrogens is 350 g/mol. The molecule has 2 aromatic rings. The quantitative estimate of drug-likeness (QED) is 0.762. The Balaban J connectivity index is 1.40. The summed E-state index contributed by atoms with van der Waals surface area (Å²) in [7, 11) is 0. The van der Waals surface area contributed by atoms with Gasteiger partial charge in [-0.05, 0) is 74.9 Å². The van der Waals surface area contributed by atoms with E-state index in [4.69, 9.17) is 0 Å². The Morgan fingerprint density at radius 2 is 1.50 bits per heavy atom. The molecule has 0 unspecified atom stereocenters. The third-order valence-corrected chi connectivity index (χ3v) is 5.86. The van der Waals surface area contributed by atoms with Gasteiger partial charge in [-0.2, -0.15) is 0 Å². The maximum Gasteiger partial charge on any atom is 0.240 e. The lowest BCUT2D eigenvalue weighted by molar-refractivity contribution is -0.131. The van der Waals surface area contributed by atoms with Gasteiger partial charge in [0.1, 0.15) is 5.41 Å². The van der Waals surface area contributed by atoms with Gasteiger partial charge in [0.15, 0.2) is 0 Å². The molecule has 1 aliphatic heterocycles. The Bertz CT molecular complexity index is 866. The first-order valence-corrected chi connectivity index (χ1v) is 10.1. The predicted molar refractivity (Wildman–Crippen MR) is 113 cm³/mol. The number of benzene rings is 2. The van der Waals surface area contributed by atoms with Crippen molar-refractivity contribution in [2.24, 2.45) is 5.41 Å². The zero-order chi connectivity index (χ0) is 19.6. The highest BCUT2D eigenvalue weighted by atomic mass is 16.2. The van der Waals surface area contributed by atoms with E-state index in [0.29, 0.717) is 12.8 Å². The fraction of sp³-hybridized carbons (Fsp3) is 0.391. The molecule has 0 spiro atoms. The van der Waals surface area contributed by atoms with E-state index in [1.165, 1.54) is 24.9 Å². The zero-order valence-electron chi connectivity index (χ0n) is 16.3. The van der Waals surface area contributed by atoms with Crippen molar-refractivity contribution in [1.29, 1.82) is 0 Å². The number of hydrogen-bond acceptors (Lipinski definition) is 3. The average molecular weight is 377 g/mol. The van der Waals surface area contributed by atoms with Crippen LogP contribution in [0.15, 0.2) is 48.5 Å². The van der Waals surface area contributed by atoms with Crippen LogP contribution >= 0.6 is 0 Å². The van der Waals surface area contributed by atoms with E-state index in [9.17, 15) is 9.59 Å². The lowest BCUT2D eigenvalue weighted by Crippen LogP contribution is -2.35. The molecule has 2 aromatic carbocycles. The van der Waals surface area contributed by atoms with Gasteiger partial charge in [0, 0.05) is 30.2 Å². The number of rotatable bonds is 5. The average Bonchev–Trinajstić information content (AvgIpc) is 3.53. The molecule has 28 heavy (non-hydrogen) atoms. The van der Waals surface area contributed by atoms with Crippen LogP contribution in [0.25, 0.3) is 0 Å². The number of nitrogens with zero attached hydrogens (tertiary/aromatic N) is 1. The summed E-state index contributed by atoms with van der Waals surface area (Å²) in [6.07, 6.45) is 4.94. The number of carbonyl (C=O) groups excluding carboxylic acids is 2. The molecule has 1 aliphatic carbocycles. The number of nitrogens with one attached hydrogen (secondary N) is 2. The van der Waals surface area contributed by atoms with Crippen LogP contribution in [-0.4, -0.2) is 24.9 Å². The second-order valence-electron chi connectivity index (χ2n) is 7.90. The summed E-state index contributed by atoms with van der Waals surface area (Å²) in [5.74, 6) is -0.437. The highest BCUT2D eigenvalue weighted by Gasteiger charge is 2.56. The Kier molecular flexibility index (Phi) is 5.07. The Morgan fingerprint density at radius 3 is 2.14 bits per heavy atom. The topological polar surface area (TPSA) is 61.4 Å². The summed E-state index contributed by atoms with van der Waals surface area (Å²) in [5.41, 5.74) is 2.73. The lowest BCUT2D eigenvalue weighted by Gasteiger charge is -2.28. The van der Waals surface area contributed by atoms with Gasteiger partial charge in [-0.15, -0.1) is 0 Å².